The van der Waals surface area contributed by atoms with Crippen LogP contribution in [0.2, 0.25) is 0 Å². The first-order valence-corrected chi connectivity index (χ1v) is 14.3. The van der Waals surface area contributed by atoms with Crippen LogP contribution >= 0.6 is 0 Å². The molecule has 1 unspecified atom stereocenters. The molecule has 1 aliphatic rings. The van der Waals surface area contributed by atoms with Gasteiger partial charge in [0.05, 0.1) is 17.7 Å². The van der Waals surface area contributed by atoms with Crippen molar-refractivity contribution in [3.63, 3.8) is 0 Å². The van der Waals surface area contributed by atoms with Crippen molar-refractivity contribution in [1.82, 2.24) is 24.5 Å². The minimum atomic E-state index is -3.46. The second-order valence-corrected chi connectivity index (χ2v) is 11.1. The molecule has 1 saturated carbocycles. The van der Waals surface area contributed by atoms with Crippen LogP contribution in [0.5, 0.6) is 0 Å². The predicted octanol–water partition coefficient (Wildman–Crippen LogP) is 3.74. The molecule has 5 rings (SSSR count). The Morgan fingerprint density at radius 1 is 1.08 bits per heavy atom. The summed E-state index contributed by atoms with van der Waals surface area (Å²) in [6.07, 6.45) is 8.55. The molecular formula is C26H34N8O3S. The van der Waals surface area contributed by atoms with Crippen LogP contribution in [0.3, 0.4) is 0 Å². The van der Waals surface area contributed by atoms with Crippen LogP contribution in [-0.4, -0.2) is 50.2 Å². The lowest BCUT2D eigenvalue weighted by Gasteiger charge is -2.26. The number of anilines is 3. The van der Waals surface area contributed by atoms with Gasteiger partial charge in [-0.25, -0.2) is 18.5 Å². The normalized spacial score (nSPS) is 18.3. The summed E-state index contributed by atoms with van der Waals surface area (Å²) >= 11 is 0. The maximum atomic E-state index is 10.9. The summed E-state index contributed by atoms with van der Waals surface area (Å²) in [6.45, 7) is 4.43. The van der Waals surface area contributed by atoms with Gasteiger partial charge in [-0.1, -0.05) is 30.3 Å². The number of sulfonamides is 1. The molecule has 11 nitrogen and oxygen atoms in total. The van der Waals surface area contributed by atoms with Gasteiger partial charge in [0.15, 0.2) is 17.0 Å². The Bertz CT molecular complexity index is 1420. The van der Waals surface area contributed by atoms with E-state index in [0.29, 0.717) is 11.8 Å². The lowest BCUT2D eigenvalue weighted by atomic mass is 9.93. The molecule has 0 aliphatic heterocycles. The van der Waals surface area contributed by atoms with Crippen LogP contribution in [0.25, 0.3) is 11.2 Å². The molecule has 0 amide bonds. The Hall–Kier alpha value is -3.61. The van der Waals surface area contributed by atoms with E-state index in [4.69, 9.17) is 5.14 Å². The molecule has 1 fully saturated rings. The van der Waals surface area contributed by atoms with Gasteiger partial charge in [-0.3, -0.25) is 4.98 Å². The number of aliphatic hydroxyl groups excluding tert-OH is 1. The van der Waals surface area contributed by atoms with Crippen molar-refractivity contribution in [3.05, 3.63) is 66.7 Å². The summed E-state index contributed by atoms with van der Waals surface area (Å²) < 4.78 is 23.8. The Balaban J connectivity index is 0.000000236. The Labute approximate surface area is 222 Å². The number of aliphatic hydroxyl groups is 1. The van der Waals surface area contributed by atoms with Crippen molar-refractivity contribution in [2.45, 2.75) is 63.5 Å². The molecule has 12 heteroatoms. The third-order valence-electron chi connectivity index (χ3n) is 6.54. The van der Waals surface area contributed by atoms with Gasteiger partial charge >= 0.3 is 0 Å². The maximum Gasteiger partial charge on any atom is 0.227 e. The minimum absolute atomic E-state index is 0.179. The highest BCUT2D eigenvalue weighted by Crippen LogP contribution is 2.26. The van der Waals surface area contributed by atoms with E-state index in [1.54, 1.807) is 49.9 Å². The van der Waals surface area contributed by atoms with Gasteiger partial charge in [0.25, 0.3) is 0 Å². The van der Waals surface area contributed by atoms with E-state index in [9.17, 15) is 13.5 Å². The average Bonchev–Trinajstić information content (AvgIpc) is 3.34. The van der Waals surface area contributed by atoms with Crippen LogP contribution in [0.1, 0.15) is 50.3 Å². The standard InChI is InChI=1S/C18H23N7O.C8H11NO2S/c1-2-25-11-20-15-16(21-13-7-9-19-10-8-13)23-18(24-17(15)25)22-12-3-5-14(26)6-4-12;1-7(12(9,10)11)8-5-3-2-4-6-8/h7-12,14,26H,2-6H2,1H3,(H2,19,21,22,23,24);2-7H,1H3,(H2,9,10,11). The second kappa shape index (κ2) is 12.3. The quantitative estimate of drug-likeness (QED) is 0.275. The van der Waals surface area contributed by atoms with Crippen molar-refractivity contribution in [1.29, 1.82) is 0 Å². The zero-order valence-corrected chi connectivity index (χ0v) is 22.3. The summed E-state index contributed by atoms with van der Waals surface area (Å²) in [7, 11) is -3.46. The van der Waals surface area contributed by atoms with Gasteiger partial charge in [-0.2, -0.15) is 9.97 Å². The molecule has 0 radical (unpaired) electrons. The number of hydrogen-bond donors (Lipinski definition) is 4. The summed E-state index contributed by atoms with van der Waals surface area (Å²) in [5.41, 5.74) is 3.17. The van der Waals surface area contributed by atoms with Crippen LogP contribution < -0.4 is 15.8 Å². The molecule has 1 aromatic carbocycles. The largest absolute Gasteiger partial charge is 0.393 e. The summed E-state index contributed by atoms with van der Waals surface area (Å²) in [6, 6.07) is 13.0. The highest BCUT2D eigenvalue weighted by atomic mass is 32.2. The summed E-state index contributed by atoms with van der Waals surface area (Å²) in [4.78, 5) is 17.9. The Kier molecular flexibility index (Phi) is 8.87. The molecule has 4 aromatic rings. The molecule has 0 spiro atoms. The molecular weight excluding hydrogens is 504 g/mol. The molecule has 3 heterocycles. The number of nitrogens with two attached hydrogens (primary N) is 1. The van der Waals surface area contributed by atoms with Crippen molar-refractivity contribution in [2.75, 3.05) is 10.6 Å². The fraction of sp³-hybridized carbons (Fsp3) is 0.385. The van der Waals surface area contributed by atoms with Gasteiger partial charge in [0, 0.05) is 30.7 Å². The molecule has 202 valence electrons. The SMILES string of the molecule is CC(c1ccccc1)S(N)(=O)=O.CCn1cnc2c(Nc3ccncc3)nc(NC3CCC(O)CC3)nc21. The number of aromatic nitrogens is 5. The third-order valence-corrected chi connectivity index (χ3v) is 7.80. The zero-order valence-electron chi connectivity index (χ0n) is 21.5. The average molecular weight is 539 g/mol. The predicted molar refractivity (Wildman–Crippen MR) is 148 cm³/mol. The number of imidazole rings is 1. The molecule has 5 N–H and O–H groups in total. The lowest BCUT2D eigenvalue weighted by Crippen LogP contribution is -2.29. The Morgan fingerprint density at radius 2 is 1.76 bits per heavy atom. The third kappa shape index (κ3) is 7.03. The highest BCUT2D eigenvalue weighted by Gasteiger charge is 2.21. The van der Waals surface area contributed by atoms with Crippen molar-refractivity contribution < 1.29 is 13.5 Å². The van der Waals surface area contributed by atoms with E-state index in [1.807, 2.05) is 22.8 Å². The van der Waals surface area contributed by atoms with Crippen LogP contribution in [0, 0.1) is 0 Å². The number of primary sulfonamides is 1. The zero-order chi connectivity index (χ0) is 27.1. The molecule has 3 aromatic heterocycles. The number of hydrogen-bond acceptors (Lipinski definition) is 9. The lowest BCUT2D eigenvalue weighted by molar-refractivity contribution is 0.126. The first-order valence-electron chi connectivity index (χ1n) is 12.7. The van der Waals surface area contributed by atoms with Crippen LogP contribution in [0.4, 0.5) is 17.5 Å². The molecule has 1 atom stereocenters. The van der Waals surface area contributed by atoms with Gasteiger partial charge < -0.3 is 20.3 Å². The monoisotopic (exact) mass is 538 g/mol. The molecule has 38 heavy (non-hydrogen) atoms. The molecule has 0 saturated heterocycles. The van der Waals surface area contributed by atoms with Gasteiger partial charge in [-0.15, -0.1) is 0 Å². The van der Waals surface area contributed by atoms with E-state index >= 15 is 0 Å². The van der Waals surface area contributed by atoms with Gasteiger partial charge in [0.2, 0.25) is 16.0 Å². The van der Waals surface area contributed by atoms with Crippen LogP contribution in [0.15, 0.2) is 61.2 Å². The number of benzene rings is 1. The fourth-order valence-electron chi connectivity index (χ4n) is 4.22. The van der Waals surface area contributed by atoms with E-state index in [-0.39, 0.29) is 12.1 Å². The van der Waals surface area contributed by atoms with Crippen molar-refractivity contribution in [2.24, 2.45) is 5.14 Å². The number of rotatable bonds is 7. The van der Waals surface area contributed by atoms with E-state index < -0.39 is 15.3 Å². The van der Waals surface area contributed by atoms with Crippen molar-refractivity contribution in [3.8, 4) is 0 Å². The Morgan fingerprint density at radius 3 is 2.39 bits per heavy atom. The number of nitrogens with one attached hydrogen (secondary N) is 2. The topological polar surface area (TPSA) is 161 Å². The van der Waals surface area contributed by atoms with Gasteiger partial charge in [-0.05, 0) is 57.2 Å². The first kappa shape index (κ1) is 27.4. The van der Waals surface area contributed by atoms with E-state index in [0.717, 1.165) is 54.6 Å². The highest BCUT2D eigenvalue weighted by molar-refractivity contribution is 7.89. The molecule has 1 aliphatic carbocycles. The van der Waals surface area contributed by atoms with E-state index in [1.165, 1.54) is 0 Å². The van der Waals surface area contributed by atoms with E-state index in [2.05, 4.69) is 37.5 Å². The smallest absolute Gasteiger partial charge is 0.227 e. The second-order valence-electron chi connectivity index (χ2n) is 9.25. The maximum absolute atomic E-state index is 10.9. The summed E-state index contributed by atoms with van der Waals surface area (Å²) in [5, 5.41) is 20.8. The number of nitrogens with zero attached hydrogens (tertiary/aromatic N) is 5. The number of pyridine rings is 1. The number of aryl methyl sites for hydroxylation is 1. The fourth-order valence-corrected chi connectivity index (χ4v) is 4.75. The first-order chi connectivity index (χ1) is 18.2. The number of fused-ring (bicyclic) bond motifs is 1. The minimum Gasteiger partial charge on any atom is -0.393 e. The molecule has 0 bridgehead atoms. The van der Waals surface area contributed by atoms with Gasteiger partial charge in [0.1, 0.15) is 0 Å². The van der Waals surface area contributed by atoms with Crippen LogP contribution in [-0.2, 0) is 16.6 Å². The summed E-state index contributed by atoms with van der Waals surface area (Å²) in [5.74, 6) is 1.26. The van der Waals surface area contributed by atoms with Crippen molar-refractivity contribution >= 4 is 38.6 Å².